The summed E-state index contributed by atoms with van der Waals surface area (Å²) in [5.74, 6) is 1.23. The highest BCUT2D eigenvalue weighted by molar-refractivity contribution is 5.46. The van der Waals surface area contributed by atoms with Crippen LogP contribution in [0.25, 0.3) is 0 Å². The highest BCUT2D eigenvalue weighted by atomic mass is 19.3. The van der Waals surface area contributed by atoms with Crippen molar-refractivity contribution in [2.24, 2.45) is 5.92 Å². The molecule has 98 valence electrons. The van der Waals surface area contributed by atoms with Crippen LogP contribution in [0.4, 0.5) is 8.78 Å². The van der Waals surface area contributed by atoms with Crippen molar-refractivity contribution in [3.05, 3.63) is 29.3 Å². The van der Waals surface area contributed by atoms with Crippen LogP contribution in [0.15, 0.2) is 18.2 Å². The lowest BCUT2D eigenvalue weighted by molar-refractivity contribution is -0.0507. The fourth-order valence-corrected chi connectivity index (χ4v) is 2.92. The number of ether oxygens (including phenoxy) is 1. The van der Waals surface area contributed by atoms with E-state index in [2.05, 4.69) is 10.1 Å². The highest BCUT2D eigenvalue weighted by Crippen LogP contribution is 2.47. The van der Waals surface area contributed by atoms with Crippen LogP contribution in [0.1, 0.15) is 42.9 Å². The number of rotatable bonds is 3. The number of halogens is 2. The number of alkyl halides is 2. The van der Waals surface area contributed by atoms with E-state index in [1.165, 1.54) is 12.8 Å². The molecule has 0 radical (unpaired) electrons. The minimum atomic E-state index is -2.75. The lowest BCUT2D eigenvalue weighted by Gasteiger charge is -2.32. The van der Waals surface area contributed by atoms with Gasteiger partial charge in [0, 0.05) is 18.2 Å². The van der Waals surface area contributed by atoms with Gasteiger partial charge in [-0.25, -0.2) is 0 Å². The van der Waals surface area contributed by atoms with E-state index in [1.807, 2.05) is 19.1 Å². The third-order valence-electron chi connectivity index (χ3n) is 3.88. The van der Waals surface area contributed by atoms with Gasteiger partial charge in [-0.1, -0.05) is 19.1 Å². The molecule has 1 aromatic rings. The molecule has 0 bridgehead atoms. The van der Waals surface area contributed by atoms with Crippen LogP contribution in [0.3, 0.4) is 0 Å². The number of hydrogen-bond donors (Lipinski definition) is 1. The lowest BCUT2D eigenvalue weighted by atomic mass is 9.85. The van der Waals surface area contributed by atoms with Crippen molar-refractivity contribution in [2.75, 3.05) is 6.54 Å². The Morgan fingerprint density at radius 1 is 1.33 bits per heavy atom. The maximum absolute atomic E-state index is 12.4. The van der Waals surface area contributed by atoms with Crippen molar-refractivity contribution < 1.29 is 13.5 Å². The molecule has 1 heterocycles. The normalized spacial score (nSPS) is 27.1. The Bertz CT molecular complexity index is 445. The zero-order valence-corrected chi connectivity index (χ0v) is 10.3. The van der Waals surface area contributed by atoms with E-state index in [0.29, 0.717) is 17.7 Å². The monoisotopic (exact) mass is 253 g/mol. The topological polar surface area (TPSA) is 21.3 Å². The predicted octanol–water partition coefficient (Wildman–Crippen LogP) is 3.45. The third-order valence-corrected chi connectivity index (χ3v) is 3.88. The average molecular weight is 253 g/mol. The molecule has 0 aromatic heterocycles. The molecule has 1 aliphatic heterocycles. The minimum Gasteiger partial charge on any atom is -0.435 e. The molecule has 2 nitrogen and oxygen atoms in total. The minimum absolute atomic E-state index is 0.213. The number of fused-ring (bicyclic) bond motifs is 1. The molecule has 2 atom stereocenters. The van der Waals surface area contributed by atoms with Crippen LogP contribution in [-0.4, -0.2) is 13.2 Å². The van der Waals surface area contributed by atoms with E-state index in [9.17, 15) is 8.78 Å². The first-order valence-corrected chi connectivity index (χ1v) is 6.48. The molecule has 2 unspecified atom stereocenters. The molecule has 1 saturated carbocycles. The molecular weight excluding hydrogens is 236 g/mol. The van der Waals surface area contributed by atoms with Crippen molar-refractivity contribution >= 4 is 0 Å². The molecule has 1 N–H and O–H groups in total. The maximum Gasteiger partial charge on any atom is 0.387 e. The molecule has 0 saturated heterocycles. The van der Waals surface area contributed by atoms with Gasteiger partial charge in [0.15, 0.2) is 0 Å². The van der Waals surface area contributed by atoms with Crippen LogP contribution >= 0.6 is 0 Å². The van der Waals surface area contributed by atoms with Gasteiger partial charge in [0.1, 0.15) is 5.75 Å². The zero-order valence-electron chi connectivity index (χ0n) is 10.3. The Morgan fingerprint density at radius 3 is 2.78 bits per heavy atom. The van der Waals surface area contributed by atoms with Crippen molar-refractivity contribution in [2.45, 2.75) is 38.3 Å². The van der Waals surface area contributed by atoms with Crippen LogP contribution in [0.2, 0.25) is 0 Å². The SMILES string of the molecule is CC1CNC(C2CC2)c2cccc(OC(F)F)c21. The Hall–Kier alpha value is -1.16. The summed E-state index contributed by atoms with van der Waals surface area (Å²) in [5, 5.41) is 3.52. The van der Waals surface area contributed by atoms with E-state index in [-0.39, 0.29) is 5.92 Å². The van der Waals surface area contributed by atoms with Gasteiger partial charge >= 0.3 is 6.61 Å². The van der Waals surface area contributed by atoms with E-state index >= 15 is 0 Å². The first-order valence-electron chi connectivity index (χ1n) is 6.48. The molecule has 4 heteroatoms. The van der Waals surface area contributed by atoms with E-state index in [0.717, 1.165) is 17.7 Å². The zero-order chi connectivity index (χ0) is 12.7. The van der Waals surface area contributed by atoms with Gasteiger partial charge < -0.3 is 10.1 Å². The molecule has 1 aromatic carbocycles. The summed E-state index contributed by atoms with van der Waals surface area (Å²) in [6, 6.07) is 5.82. The second-order valence-electron chi connectivity index (χ2n) is 5.26. The average Bonchev–Trinajstić information content (AvgIpc) is 3.13. The summed E-state index contributed by atoms with van der Waals surface area (Å²) < 4.78 is 29.6. The van der Waals surface area contributed by atoms with Gasteiger partial charge in [0.05, 0.1) is 0 Å². The van der Waals surface area contributed by atoms with Gasteiger partial charge in [-0.2, -0.15) is 8.78 Å². The molecule has 3 rings (SSSR count). The van der Waals surface area contributed by atoms with Gasteiger partial charge in [0.2, 0.25) is 0 Å². The highest BCUT2D eigenvalue weighted by Gasteiger charge is 2.37. The van der Waals surface area contributed by atoms with Gasteiger partial charge in [0.25, 0.3) is 0 Å². The van der Waals surface area contributed by atoms with Crippen LogP contribution in [0, 0.1) is 5.92 Å². The van der Waals surface area contributed by atoms with E-state index in [1.54, 1.807) is 6.07 Å². The lowest BCUT2D eigenvalue weighted by Crippen LogP contribution is -2.33. The van der Waals surface area contributed by atoms with Crippen LogP contribution in [-0.2, 0) is 0 Å². The summed E-state index contributed by atoms with van der Waals surface area (Å²) in [6.07, 6.45) is 2.46. The summed E-state index contributed by atoms with van der Waals surface area (Å²) >= 11 is 0. The fraction of sp³-hybridized carbons (Fsp3) is 0.571. The van der Waals surface area contributed by atoms with Crippen LogP contribution in [0.5, 0.6) is 5.75 Å². The Balaban J connectivity index is 2.00. The molecule has 1 fully saturated rings. The number of nitrogens with one attached hydrogen (secondary N) is 1. The summed E-state index contributed by atoms with van der Waals surface area (Å²) in [6.45, 7) is 0.128. The summed E-state index contributed by atoms with van der Waals surface area (Å²) in [7, 11) is 0. The van der Waals surface area contributed by atoms with Gasteiger partial charge in [-0.05, 0) is 36.3 Å². The van der Waals surface area contributed by atoms with E-state index in [4.69, 9.17) is 0 Å². The van der Waals surface area contributed by atoms with Crippen LogP contribution < -0.4 is 10.1 Å². The standard InChI is InChI=1S/C14H17F2NO/c1-8-7-17-13(9-5-6-9)10-3-2-4-11(12(8)10)18-14(15)16/h2-4,8-9,13-14,17H,5-7H2,1H3. The van der Waals surface area contributed by atoms with Crippen molar-refractivity contribution in [3.8, 4) is 5.75 Å². The molecule has 2 aliphatic rings. The second-order valence-corrected chi connectivity index (χ2v) is 5.26. The smallest absolute Gasteiger partial charge is 0.387 e. The summed E-state index contributed by atoms with van der Waals surface area (Å²) in [5.41, 5.74) is 2.11. The maximum atomic E-state index is 12.4. The summed E-state index contributed by atoms with van der Waals surface area (Å²) in [4.78, 5) is 0. The van der Waals surface area contributed by atoms with Crippen molar-refractivity contribution in [3.63, 3.8) is 0 Å². The Morgan fingerprint density at radius 2 is 2.11 bits per heavy atom. The fourth-order valence-electron chi connectivity index (χ4n) is 2.92. The molecule has 1 aliphatic carbocycles. The quantitative estimate of drug-likeness (QED) is 0.891. The largest absolute Gasteiger partial charge is 0.435 e. The molecular formula is C14H17F2NO. The molecule has 18 heavy (non-hydrogen) atoms. The number of hydrogen-bond acceptors (Lipinski definition) is 2. The van der Waals surface area contributed by atoms with Crippen molar-refractivity contribution in [1.82, 2.24) is 5.32 Å². The van der Waals surface area contributed by atoms with E-state index < -0.39 is 6.61 Å². The number of benzene rings is 1. The first kappa shape index (κ1) is 11.9. The predicted molar refractivity (Wildman–Crippen MR) is 65.0 cm³/mol. The second kappa shape index (κ2) is 4.50. The third kappa shape index (κ3) is 2.09. The Labute approximate surface area is 105 Å². The Kier molecular flexibility index (Phi) is 2.98. The van der Waals surface area contributed by atoms with Gasteiger partial charge in [-0.15, -0.1) is 0 Å². The first-order chi connectivity index (χ1) is 8.66. The van der Waals surface area contributed by atoms with Crippen molar-refractivity contribution in [1.29, 1.82) is 0 Å². The van der Waals surface area contributed by atoms with Gasteiger partial charge in [-0.3, -0.25) is 0 Å². The molecule has 0 amide bonds. The molecule has 0 spiro atoms.